The summed E-state index contributed by atoms with van der Waals surface area (Å²) in [4.78, 5) is 47.6. The molecule has 194 valence electrons. The summed E-state index contributed by atoms with van der Waals surface area (Å²) in [5, 5.41) is 21.4. The maximum atomic E-state index is 12.9. The number of amides is 2. The number of nitro groups is 2. The van der Waals surface area contributed by atoms with Crippen LogP contribution in [0.1, 0.15) is 23.6 Å². The molecule has 0 spiro atoms. The average Bonchev–Trinajstić information content (AvgIpc) is 3.16. The number of carbonyl (C=O) groups is 2. The summed E-state index contributed by atoms with van der Waals surface area (Å²) < 4.78 is 11.5. The Morgan fingerprint density at radius 1 is 0.868 bits per heavy atom. The first kappa shape index (κ1) is 26.4. The maximum Gasteiger partial charge on any atom is 0.293 e. The largest absolute Gasteiger partial charge is 0.490 e. The molecule has 0 aromatic heterocycles. The molecule has 0 radical (unpaired) electrons. The van der Waals surface area contributed by atoms with Crippen LogP contribution in [0.3, 0.4) is 0 Å². The van der Waals surface area contributed by atoms with Crippen molar-refractivity contribution in [2.24, 2.45) is 0 Å². The van der Waals surface area contributed by atoms with E-state index >= 15 is 0 Å². The molecule has 2 amide bonds. The zero-order valence-corrected chi connectivity index (χ0v) is 20.9. The zero-order chi connectivity index (χ0) is 27.2. The summed E-state index contributed by atoms with van der Waals surface area (Å²) in [6, 6.07) is 16.8. The number of benzene rings is 3. The van der Waals surface area contributed by atoms with Crippen molar-refractivity contribution in [1.29, 1.82) is 0 Å². The summed E-state index contributed by atoms with van der Waals surface area (Å²) in [5.41, 5.74) is 1.70. The van der Waals surface area contributed by atoms with Gasteiger partial charge < -0.3 is 9.47 Å². The van der Waals surface area contributed by atoms with Crippen LogP contribution in [-0.4, -0.2) is 32.5 Å². The molecule has 0 atom stereocenters. The van der Waals surface area contributed by atoms with E-state index in [9.17, 15) is 29.8 Å². The fourth-order valence-corrected chi connectivity index (χ4v) is 4.45. The monoisotopic (exact) mass is 535 g/mol. The minimum atomic E-state index is -0.521. The lowest BCUT2D eigenvalue weighted by Gasteiger charge is -2.13. The molecule has 0 N–H and O–H groups in total. The number of nitro benzene ring substituents is 2. The number of thioether (sulfide) groups is 1. The van der Waals surface area contributed by atoms with E-state index in [2.05, 4.69) is 0 Å². The number of ether oxygens (including phenoxy) is 2. The molecule has 1 aliphatic heterocycles. The third-order valence-electron chi connectivity index (χ3n) is 5.44. The minimum absolute atomic E-state index is 0.00533. The molecule has 0 aliphatic carbocycles. The molecule has 11 nitrogen and oxygen atoms in total. The van der Waals surface area contributed by atoms with Gasteiger partial charge in [-0.3, -0.25) is 34.7 Å². The van der Waals surface area contributed by atoms with Crippen LogP contribution in [0.15, 0.2) is 71.6 Å². The summed E-state index contributed by atoms with van der Waals surface area (Å²) >= 11 is 0.802. The number of imide groups is 1. The van der Waals surface area contributed by atoms with Gasteiger partial charge in [-0.1, -0.05) is 30.3 Å². The van der Waals surface area contributed by atoms with Crippen LogP contribution in [0, 0.1) is 20.2 Å². The van der Waals surface area contributed by atoms with Crippen LogP contribution < -0.4 is 9.47 Å². The highest BCUT2D eigenvalue weighted by Crippen LogP contribution is 2.36. The van der Waals surface area contributed by atoms with Gasteiger partial charge in [-0.05, 0) is 53.6 Å². The van der Waals surface area contributed by atoms with Crippen molar-refractivity contribution in [3.63, 3.8) is 0 Å². The average molecular weight is 536 g/mol. The quantitative estimate of drug-likeness (QED) is 0.181. The predicted octanol–water partition coefficient (Wildman–Crippen LogP) is 5.72. The SMILES string of the molecule is CCOc1cc(/C=C2/SC(=O)N(Cc3ccc([N+](=O)[O-])cc3)C2=O)ccc1OCc1cccc([N+](=O)[O-])c1. The molecule has 0 saturated carbocycles. The van der Waals surface area contributed by atoms with E-state index in [1.807, 2.05) is 0 Å². The molecule has 3 aromatic rings. The Morgan fingerprint density at radius 2 is 1.61 bits per heavy atom. The van der Waals surface area contributed by atoms with Crippen molar-refractivity contribution in [3.8, 4) is 11.5 Å². The third-order valence-corrected chi connectivity index (χ3v) is 6.35. The van der Waals surface area contributed by atoms with Crippen molar-refractivity contribution < 1.29 is 28.9 Å². The van der Waals surface area contributed by atoms with Crippen LogP contribution in [0.25, 0.3) is 6.08 Å². The molecule has 38 heavy (non-hydrogen) atoms. The molecule has 0 bridgehead atoms. The normalized spacial score (nSPS) is 14.1. The van der Waals surface area contributed by atoms with Gasteiger partial charge in [-0.15, -0.1) is 0 Å². The van der Waals surface area contributed by atoms with E-state index in [4.69, 9.17) is 9.47 Å². The van der Waals surface area contributed by atoms with Gasteiger partial charge >= 0.3 is 0 Å². The Hall–Kier alpha value is -4.71. The Bertz CT molecular complexity index is 1440. The standard InChI is InChI=1S/C26H21N3O8S/c1-2-36-23-13-18(8-11-22(23)37-16-19-4-3-5-21(12-19)29(34)35)14-24-25(30)27(26(31)38-24)15-17-6-9-20(10-7-17)28(32)33/h3-14H,2,15-16H2,1H3/b24-14+. The second-order valence-electron chi connectivity index (χ2n) is 8.05. The van der Waals surface area contributed by atoms with Crippen molar-refractivity contribution >= 4 is 40.4 Å². The molecular weight excluding hydrogens is 514 g/mol. The number of hydrogen-bond donors (Lipinski definition) is 0. The number of rotatable bonds is 10. The summed E-state index contributed by atoms with van der Waals surface area (Å²) in [7, 11) is 0. The summed E-state index contributed by atoms with van der Waals surface area (Å²) in [6.45, 7) is 2.24. The van der Waals surface area contributed by atoms with Gasteiger partial charge in [-0.2, -0.15) is 0 Å². The van der Waals surface area contributed by atoms with Crippen molar-refractivity contribution in [3.05, 3.63) is 109 Å². The summed E-state index contributed by atoms with van der Waals surface area (Å²) in [5.74, 6) is 0.362. The summed E-state index contributed by atoms with van der Waals surface area (Å²) in [6.07, 6.45) is 1.58. The van der Waals surface area contributed by atoms with Gasteiger partial charge in [-0.25, -0.2) is 0 Å². The van der Waals surface area contributed by atoms with E-state index in [0.29, 0.717) is 34.8 Å². The van der Waals surface area contributed by atoms with Gasteiger partial charge in [0.05, 0.1) is 27.9 Å². The molecule has 4 rings (SSSR count). The minimum Gasteiger partial charge on any atom is -0.490 e. The first-order valence-electron chi connectivity index (χ1n) is 11.4. The predicted molar refractivity (Wildman–Crippen MR) is 140 cm³/mol. The molecular formula is C26H21N3O8S. The van der Waals surface area contributed by atoms with Crippen LogP contribution in [0.5, 0.6) is 11.5 Å². The molecule has 1 aliphatic rings. The van der Waals surface area contributed by atoms with E-state index in [1.165, 1.54) is 36.4 Å². The maximum absolute atomic E-state index is 12.9. The van der Waals surface area contributed by atoms with E-state index in [0.717, 1.165) is 16.7 Å². The number of hydrogen-bond acceptors (Lipinski definition) is 9. The fourth-order valence-electron chi connectivity index (χ4n) is 3.62. The lowest BCUT2D eigenvalue weighted by molar-refractivity contribution is -0.385. The van der Waals surface area contributed by atoms with Crippen LogP contribution in [0.4, 0.5) is 16.2 Å². The highest BCUT2D eigenvalue weighted by Gasteiger charge is 2.35. The molecule has 1 saturated heterocycles. The Morgan fingerprint density at radius 3 is 2.29 bits per heavy atom. The molecule has 1 heterocycles. The van der Waals surface area contributed by atoms with E-state index in [1.54, 1.807) is 43.3 Å². The molecule has 0 unspecified atom stereocenters. The topological polar surface area (TPSA) is 142 Å². The molecule has 1 fully saturated rings. The number of non-ortho nitro benzene ring substituents is 2. The lowest BCUT2D eigenvalue weighted by atomic mass is 10.1. The van der Waals surface area contributed by atoms with E-state index < -0.39 is 21.0 Å². The molecule has 3 aromatic carbocycles. The Labute approximate surface area is 221 Å². The van der Waals surface area contributed by atoms with Gasteiger partial charge in [0.15, 0.2) is 11.5 Å². The van der Waals surface area contributed by atoms with Gasteiger partial charge in [0.1, 0.15) is 6.61 Å². The number of carbonyl (C=O) groups excluding carboxylic acids is 2. The second kappa shape index (κ2) is 11.6. The highest BCUT2D eigenvalue weighted by molar-refractivity contribution is 8.18. The second-order valence-corrected chi connectivity index (χ2v) is 9.04. The highest BCUT2D eigenvalue weighted by atomic mass is 32.2. The fraction of sp³-hybridized carbons (Fsp3) is 0.154. The van der Waals surface area contributed by atoms with Crippen molar-refractivity contribution in [1.82, 2.24) is 4.90 Å². The van der Waals surface area contributed by atoms with Gasteiger partial charge in [0.25, 0.3) is 22.5 Å². The van der Waals surface area contributed by atoms with Crippen LogP contribution >= 0.6 is 11.8 Å². The first-order valence-corrected chi connectivity index (χ1v) is 12.2. The first-order chi connectivity index (χ1) is 18.2. The number of nitrogens with zero attached hydrogens (tertiary/aromatic N) is 3. The van der Waals surface area contributed by atoms with Gasteiger partial charge in [0, 0.05) is 24.3 Å². The van der Waals surface area contributed by atoms with Gasteiger partial charge in [0.2, 0.25) is 0 Å². The van der Waals surface area contributed by atoms with Crippen molar-refractivity contribution in [2.75, 3.05) is 6.61 Å². The van der Waals surface area contributed by atoms with Crippen LogP contribution in [0.2, 0.25) is 0 Å². The zero-order valence-electron chi connectivity index (χ0n) is 20.1. The Kier molecular flexibility index (Phi) is 8.02. The molecule has 12 heteroatoms. The third kappa shape index (κ3) is 6.16. The van der Waals surface area contributed by atoms with Crippen LogP contribution in [-0.2, 0) is 17.9 Å². The van der Waals surface area contributed by atoms with Crippen molar-refractivity contribution in [2.45, 2.75) is 20.1 Å². The lowest BCUT2D eigenvalue weighted by Crippen LogP contribution is -2.27. The van der Waals surface area contributed by atoms with E-state index in [-0.39, 0.29) is 29.4 Å². The smallest absolute Gasteiger partial charge is 0.293 e. The Balaban J connectivity index is 1.48.